The third kappa shape index (κ3) is 4.65. The first-order valence-corrected chi connectivity index (χ1v) is 11.1. The standard InChI is InChI=1S/C21H22ClF3N4OS/c22-16-11-27-29-7-3-6-17-14(19(16)29)9-18(31-17)20(30)28-13(10-26)8-12-4-1-2-5-15(12)21(23,24)25/h1-2,4-5,9,11,13,20,28,30H,3,6-8,10,26H2/t13-,20?/m0/s1. The average Bonchev–Trinajstić information content (AvgIpc) is 3.26. The fourth-order valence-corrected chi connectivity index (χ4v) is 5.31. The second kappa shape index (κ2) is 8.91. The van der Waals surface area contributed by atoms with Gasteiger partial charge in [0, 0.05) is 34.4 Å². The van der Waals surface area contributed by atoms with E-state index < -0.39 is 24.0 Å². The van der Waals surface area contributed by atoms with Crippen molar-refractivity contribution in [3.05, 3.63) is 62.4 Å². The van der Waals surface area contributed by atoms with Crippen LogP contribution in [0.2, 0.25) is 5.02 Å². The van der Waals surface area contributed by atoms with E-state index >= 15 is 0 Å². The molecule has 1 unspecified atom stereocenters. The van der Waals surface area contributed by atoms with Gasteiger partial charge >= 0.3 is 6.18 Å². The highest BCUT2D eigenvalue weighted by Crippen LogP contribution is 2.40. The first kappa shape index (κ1) is 22.3. The van der Waals surface area contributed by atoms with Gasteiger partial charge in [0.2, 0.25) is 0 Å². The zero-order valence-electron chi connectivity index (χ0n) is 16.5. The Hall–Kier alpha value is -1.91. The molecule has 31 heavy (non-hydrogen) atoms. The van der Waals surface area contributed by atoms with Gasteiger partial charge in [-0.1, -0.05) is 29.8 Å². The molecule has 3 heterocycles. The molecule has 5 nitrogen and oxygen atoms in total. The molecule has 2 aromatic heterocycles. The molecule has 0 saturated carbocycles. The second-order valence-corrected chi connectivity index (χ2v) is 9.09. The number of hydrogen-bond donors (Lipinski definition) is 3. The summed E-state index contributed by atoms with van der Waals surface area (Å²) in [5.74, 6) is 0. The fraction of sp³-hybridized carbons (Fsp3) is 0.381. The van der Waals surface area contributed by atoms with E-state index in [-0.39, 0.29) is 18.5 Å². The average molecular weight is 471 g/mol. The molecule has 2 atom stereocenters. The molecule has 0 radical (unpaired) electrons. The number of nitrogens with zero attached hydrogens (tertiary/aromatic N) is 2. The number of halogens is 4. The Balaban J connectivity index is 1.54. The van der Waals surface area contributed by atoms with Crippen LogP contribution >= 0.6 is 22.9 Å². The molecular formula is C21H22ClF3N4OS. The number of alkyl halides is 3. The Labute approximate surface area is 186 Å². The van der Waals surface area contributed by atoms with Crippen LogP contribution in [0.4, 0.5) is 13.2 Å². The number of fused-ring (bicyclic) bond motifs is 3. The zero-order valence-corrected chi connectivity index (χ0v) is 18.1. The summed E-state index contributed by atoms with van der Waals surface area (Å²) in [5.41, 5.74) is 7.04. The smallest absolute Gasteiger partial charge is 0.373 e. The van der Waals surface area contributed by atoms with Crippen molar-refractivity contribution in [1.82, 2.24) is 15.1 Å². The Morgan fingerprint density at radius 1 is 1.32 bits per heavy atom. The number of hydrogen-bond acceptors (Lipinski definition) is 5. The maximum Gasteiger partial charge on any atom is 0.416 e. The molecule has 3 aromatic rings. The summed E-state index contributed by atoms with van der Waals surface area (Å²) in [7, 11) is 0. The van der Waals surface area contributed by atoms with Gasteiger partial charge in [0.1, 0.15) is 6.23 Å². The number of benzene rings is 1. The van der Waals surface area contributed by atoms with Gasteiger partial charge in [-0.2, -0.15) is 18.3 Å². The summed E-state index contributed by atoms with van der Waals surface area (Å²) in [6.45, 7) is 0.848. The number of rotatable bonds is 6. The lowest BCUT2D eigenvalue weighted by molar-refractivity contribution is -0.138. The molecule has 1 aliphatic rings. The van der Waals surface area contributed by atoms with Gasteiger partial charge in [0.25, 0.3) is 0 Å². The lowest BCUT2D eigenvalue weighted by Gasteiger charge is -2.22. The van der Waals surface area contributed by atoms with Crippen LogP contribution in [0.15, 0.2) is 36.5 Å². The van der Waals surface area contributed by atoms with Crippen molar-refractivity contribution in [1.29, 1.82) is 0 Å². The van der Waals surface area contributed by atoms with E-state index in [1.165, 1.54) is 23.5 Å². The molecule has 1 aromatic carbocycles. The second-order valence-electron chi connectivity index (χ2n) is 7.51. The van der Waals surface area contributed by atoms with E-state index in [1.54, 1.807) is 12.3 Å². The molecule has 0 aliphatic carbocycles. The summed E-state index contributed by atoms with van der Waals surface area (Å²) < 4.78 is 41.8. The summed E-state index contributed by atoms with van der Waals surface area (Å²) in [5, 5.41) is 18.6. The molecule has 0 saturated heterocycles. The Morgan fingerprint density at radius 2 is 2.10 bits per heavy atom. The van der Waals surface area contributed by atoms with E-state index in [2.05, 4.69) is 10.4 Å². The molecule has 0 bridgehead atoms. The molecule has 4 rings (SSSR count). The molecule has 4 N–H and O–H groups in total. The van der Waals surface area contributed by atoms with Crippen molar-refractivity contribution in [3.63, 3.8) is 0 Å². The molecule has 0 spiro atoms. The number of nitrogens with two attached hydrogens (primary N) is 1. The van der Waals surface area contributed by atoms with Crippen LogP contribution in [0.1, 0.15) is 33.5 Å². The van der Waals surface area contributed by atoms with E-state index in [0.717, 1.165) is 41.6 Å². The van der Waals surface area contributed by atoms with Crippen LogP contribution in [0.25, 0.3) is 11.3 Å². The van der Waals surface area contributed by atoms with Gasteiger partial charge in [-0.15, -0.1) is 11.3 Å². The topological polar surface area (TPSA) is 76.1 Å². The van der Waals surface area contributed by atoms with Gasteiger partial charge in [-0.25, -0.2) is 0 Å². The fourth-order valence-electron chi connectivity index (χ4n) is 3.92. The van der Waals surface area contributed by atoms with Crippen LogP contribution in [0.5, 0.6) is 0 Å². The summed E-state index contributed by atoms with van der Waals surface area (Å²) in [4.78, 5) is 1.77. The Kier molecular flexibility index (Phi) is 6.41. The molecule has 166 valence electrons. The van der Waals surface area contributed by atoms with Gasteiger partial charge < -0.3 is 10.8 Å². The predicted molar refractivity (Wildman–Crippen MR) is 115 cm³/mol. The van der Waals surface area contributed by atoms with Crippen LogP contribution < -0.4 is 11.1 Å². The van der Waals surface area contributed by atoms with Crippen LogP contribution in [-0.4, -0.2) is 27.5 Å². The summed E-state index contributed by atoms with van der Waals surface area (Å²) in [6.07, 6.45) is -2.10. The normalized spacial score (nSPS) is 15.8. The van der Waals surface area contributed by atoms with Crippen molar-refractivity contribution >= 4 is 22.9 Å². The number of thiophene rings is 1. The maximum atomic E-state index is 13.3. The van der Waals surface area contributed by atoms with Crippen LogP contribution in [-0.2, 0) is 25.6 Å². The highest BCUT2D eigenvalue weighted by molar-refractivity contribution is 7.12. The SMILES string of the molecule is NC[C@H](Cc1ccccc1C(F)(F)F)NC(O)c1cc2c(s1)CCCn1ncc(Cl)c1-2. The lowest BCUT2D eigenvalue weighted by atomic mass is 9.99. The van der Waals surface area contributed by atoms with E-state index in [9.17, 15) is 18.3 Å². The third-order valence-electron chi connectivity index (χ3n) is 5.39. The molecule has 0 amide bonds. The molecule has 0 fully saturated rings. The van der Waals surface area contributed by atoms with E-state index in [1.807, 2.05) is 10.7 Å². The number of aromatic nitrogens is 2. The van der Waals surface area contributed by atoms with Crippen molar-refractivity contribution in [2.75, 3.05) is 6.54 Å². The zero-order chi connectivity index (χ0) is 22.2. The Morgan fingerprint density at radius 3 is 2.84 bits per heavy atom. The number of aliphatic hydroxyl groups is 1. The van der Waals surface area contributed by atoms with Crippen molar-refractivity contribution < 1.29 is 18.3 Å². The quantitative estimate of drug-likeness (QED) is 0.467. The minimum Gasteiger partial charge on any atom is -0.373 e. The van der Waals surface area contributed by atoms with Crippen LogP contribution in [0, 0.1) is 0 Å². The highest BCUT2D eigenvalue weighted by Gasteiger charge is 2.33. The largest absolute Gasteiger partial charge is 0.416 e. The van der Waals surface area contributed by atoms with E-state index in [4.69, 9.17) is 17.3 Å². The number of aliphatic hydroxyl groups excluding tert-OH is 1. The lowest BCUT2D eigenvalue weighted by Crippen LogP contribution is -2.40. The van der Waals surface area contributed by atoms with E-state index in [0.29, 0.717) is 9.90 Å². The van der Waals surface area contributed by atoms with Gasteiger partial charge in [0.05, 0.1) is 22.5 Å². The van der Waals surface area contributed by atoms with Gasteiger partial charge in [-0.05, 0) is 37.0 Å². The first-order valence-electron chi connectivity index (χ1n) is 9.91. The molecular weight excluding hydrogens is 449 g/mol. The van der Waals surface area contributed by atoms with Crippen LogP contribution in [0.3, 0.4) is 0 Å². The minimum atomic E-state index is -4.44. The summed E-state index contributed by atoms with van der Waals surface area (Å²) in [6, 6.07) is 6.77. The van der Waals surface area contributed by atoms with Gasteiger partial charge in [0.15, 0.2) is 0 Å². The van der Waals surface area contributed by atoms with Gasteiger partial charge in [-0.3, -0.25) is 10.00 Å². The van der Waals surface area contributed by atoms with Crippen molar-refractivity contribution in [3.8, 4) is 11.3 Å². The third-order valence-corrected chi connectivity index (χ3v) is 6.91. The summed E-state index contributed by atoms with van der Waals surface area (Å²) >= 11 is 7.80. The first-order chi connectivity index (χ1) is 14.8. The predicted octanol–water partition coefficient (Wildman–Crippen LogP) is 4.38. The Bertz CT molecular complexity index is 1070. The molecule has 10 heteroatoms. The van der Waals surface area contributed by atoms with Crippen molar-refractivity contribution in [2.24, 2.45) is 5.73 Å². The minimum absolute atomic E-state index is 0.0485. The number of aryl methyl sites for hydroxylation is 2. The highest BCUT2D eigenvalue weighted by atomic mass is 35.5. The number of nitrogens with one attached hydrogen (secondary N) is 1. The monoisotopic (exact) mass is 470 g/mol. The maximum absolute atomic E-state index is 13.3. The van der Waals surface area contributed by atoms with Crippen molar-refractivity contribution in [2.45, 2.75) is 44.3 Å². The molecule has 1 aliphatic heterocycles.